The van der Waals surface area contributed by atoms with Crippen LogP contribution in [-0.4, -0.2) is 12.1 Å². The van der Waals surface area contributed by atoms with Crippen LogP contribution in [0.4, 0.5) is 0 Å². The number of benzene rings is 1. The minimum Gasteiger partial charge on any atom is -0.493 e. The summed E-state index contributed by atoms with van der Waals surface area (Å²) in [5.74, 6) is 0.646. The van der Waals surface area contributed by atoms with Gasteiger partial charge in [0.2, 0.25) is 0 Å². The van der Waals surface area contributed by atoms with Gasteiger partial charge in [-0.3, -0.25) is 0 Å². The fraction of sp³-hybridized carbons (Fsp3) is 0.0714. The van der Waals surface area contributed by atoms with Gasteiger partial charge in [0, 0.05) is 5.39 Å². The van der Waals surface area contributed by atoms with Crippen molar-refractivity contribution in [1.82, 2.24) is 4.98 Å². The fourth-order valence-corrected chi connectivity index (χ4v) is 1.79. The van der Waals surface area contributed by atoms with Crippen LogP contribution >= 0.6 is 0 Å². The number of rotatable bonds is 2. The van der Waals surface area contributed by atoms with E-state index in [0.717, 1.165) is 22.2 Å². The average molecular weight is 224 g/mol. The Hall–Kier alpha value is -2.29. The second-order valence-corrected chi connectivity index (χ2v) is 3.67. The van der Waals surface area contributed by atoms with Crippen LogP contribution in [0.5, 0.6) is 5.75 Å². The van der Waals surface area contributed by atoms with E-state index in [1.807, 2.05) is 36.4 Å². The minimum atomic E-state index is 0.646. The zero-order chi connectivity index (χ0) is 11.7. The molecule has 0 bridgehead atoms. The molecule has 0 aliphatic rings. The summed E-state index contributed by atoms with van der Waals surface area (Å²) < 4.78 is 10.2. The lowest BCUT2D eigenvalue weighted by Crippen LogP contribution is -1.87. The molecule has 1 radical (unpaired) electrons. The van der Waals surface area contributed by atoms with Crippen LogP contribution < -0.4 is 4.74 Å². The molecule has 3 aromatic rings. The molecule has 2 aromatic heterocycles. The molecule has 3 heteroatoms. The lowest BCUT2D eigenvalue weighted by atomic mass is 10.1. The lowest BCUT2D eigenvalue weighted by Gasteiger charge is -2.02. The van der Waals surface area contributed by atoms with E-state index in [1.54, 1.807) is 7.11 Å². The quantitative estimate of drug-likeness (QED) is 0.670. The van der Waals surface area contributed by atoms with E-state index < -0.39 is 0 Å². The second-order valence-electron chi connectivity index (χ2n) is 3.67. The molecule has 0 spiro atoms. The summed E-state index contributed by atoms with van der Waals surface area (Å²) in [5, 5.41) is 1.11. The van der Waals surface area contributed by atoms with Crippen LogP contribution in [-0.2, 0) is 0 Å². The Balaban J connectivity index is 2.18. The molecule has 3 rings (SSSR count). The highest BCUT2D eigenvalue weighted by Crippen LogP contribution is 2.30. The number of furan rings is 1. The smallest absolute Gasteiger partial charge is 0.183 e. The predicted molar refractivity (Wildman–Crippen MR) is 64.8 cm³/mol. The average Bonchev–Trinajstić information content (AvgIpc) is 2.86. The van der Waals surface area contributed by atoms with Gasteiger partial charge >= 0.3 is 0 Å². The van der Waals surface area contributed by atoms with Gasteiger partial charge in [-0.15, -0.1) is 0 Å². The first kappa shape index (κ1) is 9.90. The molecule has 0 unspecified atom stereocenters. The van der Waals surface area contributed by atoms with Crippen LogP contribution in [0, 0.1) is 6.26 Å². The molecular formula is C14H10NO2. The summed E-state index contributed by atoms with van der Waals surface area (Å²) in [7, 11) is 1.60. The van der Waals surface area contributed by atoms with E-state index in [4.69, 9.17) is 9.15 Å². The number of pyridine rings is 1. The molecule has 0 fully saturated rings. The molecule has 0 saturated heterocycles. The number of para-hydroxylation sites is 1. The largest absolute Gasteiger partial charge is 0.493 e. The molecule has 0 aliphatic carbocycles. The molecule has 83 valence electrons. The van der Waals surface area contributed by atoms with E-state index in [2.05, 4.69) is 11.2 Å². The first-order valence-corrected chi connectivity index (χ1v) is 5.28. The molecule has 0 aliphatic heterocycles. The Kier molecular flexibility index (Phi) is 2.29. The van der Waals surface area contributed by atoms with Crippen molar-refractivity contribution < 1.29 is 9.15 Å². The Morgan fingerprint density at radius 3 is 2.94 bits per heavy atom. The number of ether oxygens (including phenoxy) is 1. The Morgan fingerprint density at radius 2 is 2.06 bits per heavy atom. The van der Waals surface area contributed by atoms with Gasteiger partial charge in [-0.2, -0.15) is 0 Å². The van der Waals surface area contributed by atoms with Crippen LogP contribution in [0.1, 0.15) is 0 Å². The van der Waals surface area contributed by atoms with Crippen LogP contribution in [0.25, 0.3) is 22.2 Å². The first-order chi connectivity index (χ1) is 8.38. The normalized spacial score (nSPS) is 10.6. The number of aromatic nitrogens is 1. The Labute approximate surface area is 98.7 Å². The lowest BCUT2D eigenvalue weighted by molar-refractivity contribution is 0.406. The van der Waals surface area contributed by atoms with Crippen molar-refractivity contribution in [1.29, 1.82) is 0 Å². The van der Waals surface area contributed by atoms with Crippen molar-refractivity contribution in [2.24, 2.45) is 0 Å². The van der Waals surface area contributed by atoms with Gasteiger partial charge in [-0.25, -0.2) is 4.98 Å². The van der Waals surface area contributed by atoms with Crippen LogP contribution in [0.2, 0.25) is 0 Å². The summed E-state index contributed by atoms with van der Waals surface area (Å²) >= 11 is 0. The number of nitrogens with zero attached hydrogens (tertiary/aromatic N) is 1. The van der Waals surface area contributed by atoms with Gasteiger partial charge in [0.1, 0.15) is 6.26 Å². The summed E-state index contributed by atoms with van der Waals surface area (Å²) in [6.45, 7) is 0. The van der Waals surface area contributed by atoms with Crippen molar-refractivity contribution in [3.8, 4) is 17.0 Å². The number of fused-ring (bicyclic) bond motifs is 1. The molecule has 0 amide bonds. The van der Waals surface area contributed by atoms with Crippen LogP contribution in [0.15, 0.2) is 47.1 Å². The minimum absolute atomic E-state index is 0.646. The van der Waals surface area contributed by atoms with Gasteiger partial charge in [0.25, 0.3) is 0 Å². The molecule has 17 heavy (non-hydrogen) atoms. The van der Waals surface area contributed by atoms with E-state index in [0.29, 0.717) is 5.75 Å². The Bertz CT molecular complexity index is 658. The molecule has 3 nitrogen and oxygen atoms in total. The number of hydrogen-bond donors (Lipinski definition) is 0. The van der Waals surface area contributed by atoms with Gasteiger partial charge in [-0.05, 0) is 12.1 Å². The highest BCUT2D eigenvalue weighted by molar-refractivity contribution is 5.82. The summed E-state index contributed by atoms with van der Waals surface area (Å²) in [6.07, 6.45) is 4.30. The van der Waals surface area contributed by atoms with Crippen LogP contribution in [0.3, 0.4) is 0 Å². The SMILES string of the molecule is COc1co[c]c1-c1ccc2ccccc2n1. The topological polar surface area (TPSA) is 35.3 Å². The number of hydrogen-bond acceptors (Lipinski definition) is 3. The zero-order valence-corrected chi connectivity index (χ0v) is 9.31. The molecule has 1 aromatic carbocycles. The van der Waals surface area contributed by atoms with Gasteiger partial charge in [0.05, 0.1) is 23.9 Å². The van der Waals surface area contributed by atoms with Gasteiger partial charge in [0.15, 0.2) is 12.0 Å². The van der Waals surface area contributed by atoms with E-state index in [-0.39, 0.29) is 0 Å². The highest BCUT2D eigenvalue weighted by atomic mass is 16.5. The van der Waals surface area contributed by atoms with E-state index in [1.165, 1.54) is 6.26 Å². The standard InChI is InChI=1S/C14H10NO2/c1-16-14-9-17-8-11(14)13-7-6-10-4-2-3-5-12(10)15-13/h2-7,9H,1H3. The maximum atomic E-state index is 5.19. The fourth-order valence-electron chi connectivity index (χ4n) is 1.79. The van der Waals surface area contributed by atoms with Gasteiger partial charge < -0.3 is 9.15 Å². The highest BCUT2D eigenvalue weighted by Gasteiger charge is 2.10. The van der Waals surface area contributed by atoms with E-state index >= 15 is 0 Å². The first-order valence-electron chi connectivity index (χ1n) is 5.28. The molecule has 2 heterocycles. The summed E-state index contributed by atoms with van der Waals surface area (Å²) in [5.41, 5.74) is 2.49. The number of methoxy groups -OCH3 is 1. The zero-order valence-electron chi connectivity index (χ0n) is 9.31. The molecular weight excluding hydrogens is 214 g/mol. The molecule has 0 saturated carbocycles. The third kappa shape index (κ3) is 1.65. The summed E-state index contributed by atoms with van der Waals surface area (Å²) in [6, 6.07) is 11.9. The third-order valence-corrected chi connectivity index (χ3v) is 2.65. The van der Waals surface area contributed by atoms with Crippen molar-refractivity contribution in [2.75, 3.05) is 7.11 Å². The van der Waals surface area contributed by atoms with Crippen molar-refractivity contribution in [3.63, 3.8) is 0 Å². The monoisotopic (exact) mass is 224 g/mol. The second kappa shape index (κ2) is 3.94. The Morgan fingerprint density at radius 1 is 1.18 bits per heavy atom. The maximum absolute atomic E-state index is 5.19. The van der Waals surface area contributed by atoms with Crippen molar-refractivity contribution >= 4 is 10.9 Å². The summed E-state index contributed by atoms with van der Waals surface area (Å²) in [4.78, 5) is 4.56. The van der Waals surface area contributed by atoms with Crippen molar-refractivity contribution in [2.45, 2.75) is 0 Å². The third-order valence-electron chi connectivity index (χ3n) is 2.65. The van der Waals surface area contributed by atoms with Crippen molar-refractivity contribution in [3.05, 3.63) is 48.9 Å². The maximum Gasteiger partial charge on any atom is 0.183 e. The molecule has 0 atom stereocenters. The van der Waals surface area contributed by atoms with Gasteiger partial charge in [-0.1, -0.05) is 24.3 Å². The van der Waals surface area contributed by atoms with E-state index in [9.17, 15) is 0 Å². The molecule has 0 N–H and O–H groups in total. The predicted octanol–water partition coefficient (Wildman–Crippen LogP) is 3.30.